The number of aromatic nitrogens is 2. The molecule has 0 aliphatic carbocycles. The summed E-state index contributed by atoms with van der Waals surface area (Å²) in [6.07, 6.45) is -3.70. The van der Waals surface area contributed by atoms with E-state index in [1.165, 1.54) is 6.07 Å². The summed E-state index contributed by atoms with van der Waals surface area (Å²) in [6.45, 7) is 7.81. The standard InChI is InChI=1S/C18H17F3N2O/c1-10-7-12(13(9-22-10)18(19,20)21)16-23-14-8-11(17(2,3)4)5-6-15(14)24-16/h5-9H,1-4H3. The minimum absolute atomic E-state index is 0.0473. The second-order valence-corrected chi connectivity index (χ2v) is 6.82. The van der Waals surface area contributed by atoms with E-state index in [2.05, 4.69) is 30.7 Å². The zero-order valence-corrected chi connectivity index (χ0v) is 13.8. The second-order valence-electron chi connectivity index (χ2n) is 6.82. The van der Waals surface area contributed by atoms with Crippen LogP contribution in [0.15, 0.2) is 34.9 Å². The molecule has 0 atom stereocenters. The van der Waals surface area contributed by atoms with Crippen LogP contribution in [0.4, 0.5) is 13.2 Å². The topological polar surface area (TPSA) is 38.9 Å². The van der Waals surface area contributed by atoms with Gasteiger partial charge in [0.05, 0.1) is 11.1 Å². The molecule has 0 amide bonds. The van der Waals surface area contributed by atoms with Gasteiger partial charge in [-0.25, -0.2) is 4.98 Å². The number of oxazole rings is 1. The Morgan fingerprint density at radius 1 is 1.04 bits per heavy atom. The molecule has 126 valence electrons. The zero-order valence-electron chi connectivity index (χ0n) is 13.8. The van der Waals surface area contributed by atoms with Crippen LogP contribution in [-0.2, 0) is 11.6 Å². The van der Waals surface area contributed by atoms with Crippen molar-refractivity contribution in [1.29, 1.82) is 0 Å². The van der Waals surface area contributed by atoms with Crippen LogP contribution in [0.1, 0.15) is 37.6 Å². The van der Waals surface area contributed by atoms with Crippen molar-refractivity contribution >= 4 is 11.1 Å². The molecule has 0 aliphatic rings. The van der Waals surface area contributed by atoms with E-state index in [-0.39, 0.29) is 16.9 Å². The van der Waals surface area contributed by atoms with Gasteiger partial charge in [-0.3, -0.25) is 4.98 Å². The number of pyridine rings is 1. The van der Waals surface area contributed by atoms with E-state index >= 15 is 0 Å². The lowest BCUT2D eigenvalue weighted by atomic mass is 9.87. The van der Waals surface area contributed by atoms with Crippen molar-refractivity contribution in [2.24, 2.45) is 0 Å². The Kier molecular flexibility index (Phi) is 3.66. The summed E-state index contributed by atoms with van der Waals surface area (Å²) in [4.78, 5) is 8.02. The van der Waals surface area contributed by atoms with Crippen molar-refractivity contribution in [2.45, 2.75) is 39.3 Å². The maximum Gasteiger partial charge on any atom is 0.418 e. The third-order valence-electron chi connectivity index (χ3n) is 3.83. The Balaban J connectivity index is 2.19. The van der Waals surface area contributed by atoms with Crippen molar-refractivity contribution in [2.75, 3.05) is 0 Å². The number of fused-ring (bicyclic) bond motifs is 1. The average Bonchev–Trinajstić information content (AvgIpc) is 2.87. The maximum absolute atomic E-state index is 13.2. The molecule has 0 N–H and O–H groups in total. The highest BCUT2D eigenvalue weighted by Gasteiger charge is 2.35. The number of hydrogen-bond acceptors (Lipinski definition) is 3. The molecule has 1 aromatic carbocycles. The lowest BCUT2D eigenvalue weighted by Gasteiger charge is -2.18. The number of benzene rings is 1. The SMILES string of the molecule is Cc1cc(-c2nc3cc(C(C)(C)C)ccc3o2)c(C(F)(F)F)cn1. The van der Waals surface area contributed by atoms with Crippen molar-refractivity contribution in [3.05, 3.63) is 47.3 Å². The zero-order chi connectivity index (χ0) is 17.7. The summed E-state index contributed by atoms with van der Waals surface area (Å²) in [5.41, 5.74) is 1.48. The van der Waals surface area contributed by atoms with Crippen molar-refractivity contribution < 1.29 is 17.6 Å². The predicted molar refractivity (Wildman–Crippen MR) is 85.7 cm³/mol. The lowest BCUT2D eigenvalue weighted by molar-refractivity contribution is -0.137. The first kappa shape index (κ1) is 16.5. The minimum atomic E-state index is -4.52. The first-order valence-corrected chi connectivity index (χ1v) is 7.51. The molecule has 0 spiro atoms. The molecule has 2 heterocycles. The first-order valence-electron chi connectivity index (χ1n) is 7.51. The fourth-order valence-corrected chi connectivity index (χ4v) is 2.47. The smallest absolute Gasteiger partial charge is 0.418 e. The third kappa shape index (κ3) is 3.00. The van der Waals surface area contributed by atoms with Gasteiger partial charge in [0, 0.05) is 11.9 Å². The van der Waals surface area contributed by atoms with Crippen LogP contribution in [0, 0.1) is 6.92 Å². The van der Waals surface area contributed by atoms with Gasteiger partial charge < -0.3 is 4.42 Å². The van der Waals surface area contributed by atoms with Gasteiger partial charge in [-0.05, 0) is 36.1 Å². The lowest BCUT2D eigenvalue weighted by Crippen LogP contribution is -2.10. The van der Waals surface area contributed by atoms with Gasteiger partial charge in [-0.15, -0.1) is 0 Å². The second kappa shape index (κ2) is 5.33. The molecule has 6 heteroatoms. The highest BCUT2D eigenvalue weighted by Crippen LogP contribution is 2.38. The summed E-state index contributed by atoms with van der Waals surface area (Å²) < 4.78 is 45.3. The van der Waals surface area contributed by atoms with Crippen LogP contribution in [0.25, 0.3) is 22.6 Å². The molecule has 0 fully saturated rings. The number of halogens is 3. The van der Waals surface area contributed by atoms with Gasteiger partial charge in [-0.2, -0.15) is 13.2 Å². The first-order chi connectivity index (χ1) is 11.1. The highest BCUT2D eigenvalue weighted by molar-refractivity contribution is 5.78. The van der Waals surface area contributed by atoms with E-state index in [9.17, 15) is 13.2 Å². The van der Waals surface area contributed by atoms with Crippen molar-refractivity contribution in [3.8, 4) is 11.5 Å². The molecular weight excluding hydrogens is 317 g/mol. The highest BCUT2D eigenvalue weighted by atomic mass is 19.4. The molecule has 24 heavy (non-hydrogen) atoms. The van der Waals surface area contributed by atoms with Gasteiger partial charge in [0.25, 0.3) is 0 Å². The van der Waals surface area contributed by atoms with Crippen LogP contribution < -0.4 is 0 Å². The van der Waals surface area contributed by atoms with E-state index in [1.807, 2.05) is 12.1 Å². The molecule has 0 saturated heterocycles. The van der Waals surface area contributed by atoms with Crippen LogP contribution in [0.3, 0.4) is 0 Å². The fourth-order valence-electron chi connectivity index (χ4n) is 2.47. The Labute approximate surface area is 137 Å². The molecule has 3 nitrogen and oxygen atoms in total. The van der Waals surface area contributed by atoms with E-state index in [0.717, 1.165) is 11.8 Å². The molecule has 0 aliphatic heterocycles. The van der Waals surface area contributed by atoms with Crippen LogP contribution in [-0.4, -0.2) is 9.97 Å². The molecule has 2 aromatic heterocycles. The summed E-state index contributed by atoms with van der Waals surface area (Å²) in [5.74, 6) is -0.0473. The van der Waals surface area contributed by atoms with Gasteiger partial charge in [0.1, 0.15) is 5.52 Å². The Morgan fingerprint density at radius 2 is 1.75 bits per heavy atom. The number of rotatable bonds is 1. The van der Waals surface area contributed by atoms with Gasteiger partial charge in [0.2, 0.25) is 5.89 Å². The molecular formula is C18H17F3N2O. The van der Waals surface area contributed by atoms with Gasteiger partial charge in [-0.1, -0.05) is 26.8 Å². The van der Waals surface area contributed by atoms with Crippen LogP contribution in [0.5, 0.6) is 0 Å². The Morgan fingerprint density at radius 3 is 2.38 bits per heavy atom. The van der Waals surface area contributed by atoms with E-state index in [0.29, 0.717) is 16.8 Å². The number of nitrogens with zero attached hydrogens (tertiary/aromatic N) is 2. The number of aryl methyl sites for hydroxylation is 1. The van der Waals surface area contributed by atoms with Gasteiger partial charge in [0.15, 0.2) is 5.58 Å². The van der Waals surface area contributed by atoms with E-state index in [4.69, 9.17) is 4.42 Å². The molecule has 0 radical (unpaired) electrons. The predicted octanol–water partition coefficient (Wildman–Crippen LogP) is 5.51. The Bertz CT molecular complexity index is 905. The minimum Gasteiger partial charge on any atom is -0.436 e. The largest absolute Gasteiger partial charge is 0.436 e. The summed E-state index contributed by atoms with van der Waals surface area (Å²) >= 11 is 0. The summed E-state index contributed by atoms with van der Waals surface area (Å²) in [5, 5.41) is 0. The van der Waals surface area contributed by atoms with Crippen molar-refractivity contribution in [3.63, 3.8) is 0 Å². The Hall–Kier alpha value is -2.37. The maximum atomic E-state index is 13.2. The molecule has 0 saturated carbocycles. The monoisotopic (exact) mass is 334 g/mol. The number of alkyl halides is 3. The normalized spacial score (nSPS) is 12.8. The molecule has 0 unspecified atom stereocenters. The van der Waals surface area contributed by atoms with Crippen molar-refractivity contribution in [1.82, 2.24) is 9.97 Å². The fraction of sp³-hybridized carbons (Fsp3) is 0.333. The van der Waals surface area contributed by atoms with Crippen LogP contribution >= 0.6 is 0 Å². The molecule has 3 aromatic rings. The summed E-state index contributed by atoms with van der Waals surface area (Å²) in [7, 11) is 0. The summed E-state index contributed by atoms with van der Waals surface area (Å²) in [6, 6.07) is 6.84. The number of hydrogen-bond donors (Lipinski definition) is 0. The quantitative estimate of drug-likeness (QED) is 0.588. The van der Waals surface area contributed by atoms with E-state index in [1.54, 1.807) is 13.0 Å². The molecule has 0 bridgehead atoms. The average molecular weight is 334 g/mol. The van der Waals surface area contributed by atoms with Gasteiger partial charge >= 0.3 is 6.18 Å². The third-order valence-corrected chi connectivity index (χ3v) is 3.83. The van der Waals surface area contributed by atoms with Crippen LogP contribution in [0.2, 0.25) is 0 Å². The molecule has 3 rings (SSSR count). The van der Waals surface area contributed by atoms with E-state index < -0.39 is 11.7 Å².